The fourth-order valence-electron chi connectivity index (χ4n) is 1.44. The van der Waals surface area contributed by atoms with Gasteiger partial charge in [0.05, 0.1) is 4.90 Å². The van der Waals surface area contributed by atoms with E-state index in [-0.39, 0.29) is 0 Å². The van der Waals surface area contributed by atoms with Crippen molar-refractivity contribution in [2.24, 2.45) is 0 Å². The number of hydrogen-bond acceptors (Lipinski definition) is 2. The summed E-state index contributed by atoms with van der Waals surface area (Å²) in [4.78, 5) is 0.317. The number of sulfonamides is 1. The number of nitrogens with zero attached hydrogens (tertiary/aromatic N) is 1. The molecule has 0 saturated heterocycles. The van der Waals surface area contributed by atoms with Crippen LogP contribution in [0.25, 0.3) is 0 Å². The summed E-state index contributed by atoms with van der Waals surface area (Å²) in [6, 6.07) is 6.65. The van der Waals surface area contributed by atoms with E-state index in [0.717, 1.165) is 4.47 Å². The first-order chi connectivity index (χ1) is 8.02. The lowest BCUT2D eigenvalue weighted by Crippen LogP contribution is -2.32. The molecule has 0 saturated carbocycles. The number of benzene rings is 1. The van der Waals surface area contributed by atoms with Gasteiger partial charge in [-0.2, -0.15) is 4.31 Å². The third-order valence-corrected chi connectivity index (χ3v) is 5.13. The highest BCUT2D eigenvalue weighted by molar-refractivity contribution is 9.10. The standard InChI is InChI=1S/C11H15BrClNO2S/c1-2-14(9-3-8-13)17(15,16)11-6-4-10(12)5-7-11/h4-7H,2-3,8-9H2,1H3. The lowest BCUT2D eigenvalue weighted by molar-refractivity contribution is 0.428. The maximum absolute atomic E-state index is 12.2. The molecule has 0 N–H and O–H groups in total. The van der Waals surface area contributed by atoms with Crippen LogP contribution in [0.2, 0.25) is 0 Å². The van der Waals surface area contributed by atoms with Gasteiger partial charge in [-0.15, -0.1) is 11.6 Å². The Morgan fingerprint density at radius 3 is 2.35 bits per heavy atom. The van der Waals surface area contributed by atoms with E-state index in [4.69, 9.17) is 11.6 Å². The van der Waals surface area contributed by atoms with Crippen LogP contribution < -0.4 is 0 Å². The van der Waals surface area contributed by atoms with Crippen LogP contribution in [0.5, 0.6) is 0 Å². The number of halogens is 2. The normalized spacial score (nSPS) is 12.0. The molecule has 0 atom stereocenters. The monoisotopic (exact) mass is 339 g/mol. The maximum atomic E-state index is 12.2. The highest BCUT2D eigenvalue weighted by Crippen LogP contribution is 2.18. The van der Waals surface area contributed by atoms with E-state index in [0.29, 0.717) is 30.3 Å². The Labute approximate surface area is 116 Å². The molecule has 6 heteroatoms. The Balaban J connectivity index is 2.95. The highest BCUT2D eigenvalue weighted by atomic mass is 79.9. The van der Waals surface area contributed by atoms with E-state index in [1.54, 1.807) is 24.3 Å². The minimum absolute atomic E-state index is 0.317. The third-order valence-electron chi connectivity index (χ3n) is 2.35. The van der Waals surface area contributed by atoms with Gasteiger partial charge < -0.3 is 0 Å². The molecule has 0 heterocycles. The van der Waals surface area contributed by atoms with Gasteiger partial charge in [-0.3, -0.25) is 0 Å². The third kappa shape index (κ3) is 3.95. The summed E-state index contributed by atoms with van der Waals surface area (Å²) in [5, 5.41) is 0. The van der Waals surface area contributed by atoms with Crippen molar-refractivity contribution in [3.05, 3.63) is 28.7 Å². The molecule has 1 aromatic rings. The topological polar surface area (TPSA) is 37.4 Å². The van der Waals surface area contributed by atoms with Gasteiger partial charge in [0.2, 0.25) is 10.0 Å². The summed E-state index contributed by atoms with van der Waals surface area (Å²) >= 11 is 8.87. The Morgan fingerprint density at radius 1 is 1.29 bits per heavy atom. The van der Waals surface area contributed by atoms with Crippen molar-refractivity contribution in [3.8, 4) is 0 Å². The van der Waals surface area contributed by atoms with Gasteiger partial charge in [0.1, 0.15) is 0 Å². The number of hydrogen-bond donors (Lipinski definition) is 0. The molecule has 0 aliphatic heterocycles. The van der Waals surface area contributed by atoms with E-state index in [2.05, 4.69) is 15.9 Å². The second-order valence-corrected chi connectivity index (χ2v) is 6.72. The summed E-state index contributed by atoms with van der Waals surface area (Å²) in [6.07, 6.45) is 0.658. The van der Waals surface area contributed by atoms with Gasteiger partial charge >= 0.3 is 0 Å². The zero-order valence-corrected chi connectivity index (χ0v) is 12.7. The zero-order chi connectivity index (χ0) is 12.9. The fourth-order valence-corrected chi connectivity index (χ4v) is 3.31. The summed E-state index contributed by atoms with van der Waals surface area (Å²) in [5.41, 5.74) is 0. The predicted octanol–water partition coefficient (Wildman–Crippen LogP) is 3.09. The molecule has 0 aromatic heterocycles. The largest absolute Gasteiger partial charge is 0.243 e. The summed E-state index contributed by atoms with van der Waals surface area (Å²) < 4.78 is 26.8. The predicted molar refractivity (Wildman–Crippen MR) is 73.9 cm³/mol. The lowest BCUT2D eigenvalue weighted by Gasteiger charge is -2.19. The van der Waals surface area contributed by atoms with E-state index in [1.807, 2.05) is 6.92 Å². The minimum Gasteiger partial charge on any atom is -0.207 e. The Morgan fingerprint density at radius 2 is 1.88 bits per heavy atom. The zero-order valence-electron chi connectivity index (χ0n) is 9.57. The highest BCUT2D eigenvalue weighted by Gasteiger charge is 2.22. The molecule has 1 aromatic carbocycles. The minimum atomic E-state index is -3.39. The van der Waals surface area contributed by atoms with E-state index in [9.17, 15) is 8.42 Å². The first-order valence-corrected chi connectivity index (χ1v) is 8.10. The van der Waals surface area contributed by atoms with Crippen molar-refractivity contribution in [3.63, 3.8) is 0 Å². The van der Waals surface area contributed by atoms with Crippen LogP contribution >= 0.6 is 27.5 Å². The van der Waals surface area contributed by atoms with Crippen molar-refractivity contribution < 1.29 is 8.42 Å². The van der Waals surface area contributed by atoms with Gasteiger partial charge in [-0.05, 0) is 30.7 Å². The average Bonchev–Trinajstić information content (AvgIpc) is 2.30. The van der Waals surface area contributed by atoms with Gasteiger partial charge in [0, 0.05) is 23.4 Å². The molecule has 0 bridgehead atoms. The molecule has 0 aliphatic rings. The van der Waals surface area contributed by atoms with Crippen LogP contribution in [0.1, 0.15) is 13.3 Å². The maximum Gasteiger partial charge on any atom is 0.243 e. The van der Waals surface area contributed by atoms with Gasteiger partial charge in [0.25, 0.3) is 0 Å². The molecule has 17 heavy (non-hydrogen) atoms. The first kappa shape index (κ1) is 15.0. The summed E-state index contributed by atoms with van der Waals surface area (Å²) in [6.45, 7) is 2.73. The van der Waals surface area contributed by atoms with Gasteiger partial charge in [-0.1, -0.05) is 22.9 Å². The molecule has 0 spiro atoms. The number of alkyl halides is 1. The molecule has 0 fully saturated rings. The van der Waals surface area contributed by atoms with Crippen LogP contribution in [0.4, 0.5) is 0 Å². The molecule has 0 unspecified atom stereocenters. The van der Waals surface area contributed by atoms with Crippen molar-refractivity contribution in [2.75, 3.05) is 19.0 Å². The Kier molecular flexibility index (Phi) is 5.92. The van der Waals surface area contributed by atoms with Gasteiger partial charge in [-0.25, -0.2) is 8.42 Å². The molecular weight excluding hydrogens is 326 g/mol. The summed E-state index contributed by atoms with van der Waals surface area (Å²) in [5.74, 6) is 0.465. The van der Waals surface area contributed by atoms with Crippen molar-refractivity contribution >= 4 is 37.6 Å². The molecular formula is C11H15BrClNO2S. The van der Waals surface area contributed by atoms with E-state index >= 15 is 0 Å². The lowest BCUT2D eigenvalue weighted by atomic mass is 10.4. The van der Waals surface area contributed by atoms with Crippen LogP contribution in [-0.2, 0) is 10.0 Å². The first-order valence-electron chi connectivity index (χ1n) is 5.34. The van der Waals surface area contributed by atoms with Crippen LogP contribution in [0.3, 0.4) is 0 Å². The molecule has 3 nitrogen and oxygen atoms in total. The van der Waals surface area contributed by atoms with E-state index in [1.165, 1.54) is 4.31 Å². The molecule has 0 aliphatic carbocycles. The van der Waals surface area contributed by atoms with Crippen LogP contribution in [-0.4, -0.2) is 31.7 Å². The van der Waals surface area contributed by atoms with Crippen molar-refractivity contribution in [1.29, 1.82) is 0 Å². The Hall–Kier alpha value is -0.100. The Bertz CT molecular complexity index is 447. The SMILES string of the molecule is CCN(CCCCl)S(=O)(=O)c1ccc(Br)cc1. The van der Waals surface area contributed by atoms with Crippen LogP contribution in [0, 0.1) is 0 Å². The quantitative estimate of drug-likeness (QED) is 0.746. The smallest absolute Gasteiger partial charge is 0.207 e. The van der Waals surface area contributed by atoms with Crippen LogP contribution in [0.15, 0.2) is 33.6 Å². The second kappa shape index (κ2) is 6.73. The van der Waals surface area contributed by atoms with Gasteiger partial charge in [0.15, 0.2) is 0 Å². The van der Waals surface area contributed by atoms with Crippen molar-refractivity contribution in [1.82, 2.24) is 4.31 Å². The molecule has 1 rings (SSSR count). The summed E-state index contributed by atoms with van der Waals surface area (Å²) in [7, 11) is -3.39. The van der Waals surface area contributed by atoms with Crippen molar-refractivity contribution in [2.45, 2.75) is 18.2 Å². The second-order valence-electron chi connectivity index (χ2n) is 3.49. The fraction of sp³-hybridized carbons (Fsp3) is 0.455. The molecule has 96 valence electrons. The average molecular weight is 341 g/mol. The molecule has 0 amide bonds. The molecule has 0 radical (unpaired) electrons. The van der Waals surface area contributed by atoms with E-state index < -0.39 is 10.0 Å². The number of rotatable bonds is 6.